The van der Waals surface area contributed by atoms with Gasteiger partial charge in [-0.3, -0.25) is 0 Å². The molecule has 0 aliphatic heterocycles. The maximum atomic E-state index is 5.89. The second-order valence-electron chi connectivity index (χ2n) is 6.87. The van der Waals surface area contributed by atoms with Gasteiger partial charge in [0.2, 0.25) is 0 Å². The third kappa shape index (κ3) is 4.89. The highest BCUT2D eigenvalue weighted by Gasteiger charge is 2.26. The summed E-state index contributed by atoms with van der Waals surface area (Å²) in [6.45, 7) is 12.3. The molecule has 108 valence electrons. The van der Waals surface area contributed by atoms with Gasteiger partial charge in [0.1, 0.15) is 0 Å². The van der Waals surface area contributed by atoms with E-state index in [-0.39, 0.29) is 5.41 Å². The van der Waals surface area contributed by atoms with E-state index in [2.05, 4.69) is 32.6 Å². The lowest BCUT2D eigenvalue weighted by Gasteiger charge is -2.36. The van der Waals surface area contributed by atoms with Crippen molar-refractivity contribution in [3.63, 3.8) is 0 Å². The van der Waals surface area contributed by atoms with Crippen LogP contribution in [0.2, 0.25) is 0 Å². The number of hydrogen-bond acceptors (Lipinski definition) is 2. The summed E-state index contributed by atoms with van der Waals surface area (Å²) >= 11 is 0. The van der Waals surface area contributed by atoms with Crippen molar-refractivity contribution < 1.29 is 0 Å². The first-order valence-electron chi connectivity index (χ1n) is 7.96. The predicted molar refractivity (Wildman–Crippen MR) is 80.7 cm³/mol. The number of rotatable bonds is 6. The van der Waals surface area contributed by atoms with E-state index in [1.807, 2.05) is 0 Å². The molecule has 1 rings (SSSR count). The molecular weight excluding hydrogens is 220 g/mol. The highest BCUT2D eigenvalue weighted by atomic mass is 15.2. The molecule has 2 heteroatoms. The van der Waals surface area contributed by atoms with E-state index in [0.717, 1.165) is 25.0 Å². The predicted octanol–water partition coefficient (Wildman–Crippen LogP) is 3.65. The zero-order valence-corrected chi connectivity index (χ0v) is 13.0. The Morgan fingerprint density at radius 1 is 1.11 bits per heavy atom. The Labute approximate surface area is 114 Å². The van der Waals surface area contributed by atoms with Gasteiger partial charge in [-0.05, 0) is 43.7 Å². The van der Waals surface area contributed by atoms with Crippen LogP contribution in [0.25, 0.3) is 0 Å². The molecule has 1 aliphatic rings. The lowest BCUT2D eigenvalue weighted by atomic mass is 9.91. The van der Waals surface area contributed by atoms with Gasteiger partial charge in [0.05, 0.1) is 0 Å². The molecule has 2 nitrogen and oxygen atoms in total. The quantitative estimate of drug-likeness (QED) is 0.733. The van der Waals surface area contributed by atoms with Crippen LogP contribution in [0.1, 0.15) is 66.2 Å². The molecule has 18 heavy (non-hydrogen) atoms. The van der Waals surface area contributed by atoms with Gasteiger partial charge in [-0.25, -0.2) is 0 Å². The zero-order valence-electron chi connectivity index (χ0n) is 13.0. The summed E-state index contributed by atoms with van der Waals surface area (Å²) in [6, 6.07) is 0.803. The minimum Gasteiger partial charge on any atom is -0.330 e. The van der Waals surface area contributed by atoms with Gasteiger partial charge >= 0.3 is 0 Å². The summed E-state index contributed by atoms with van der Waals surface area (Å²) in [5, 5.41) is 0. The Morgan fingerprint density at radius 3 is 2.39 bits per heavy atom. The van der Waals surface area contributed by atoms with Crippen molar-refractivity contribution in [1.82, 2.24) is 4.90 Å². The molecule has 0 radical (unpaired) electrons. The Balaban J connectivity index is 2.54. The van der Waals surface area contributed by atoms with Crippen LogP contribution in [0.4, 0.5) is 0 Å². The molecule has 0 aromatic heterocycles. The van der Waals surface area contributed by atoms with Gasteiger partial charge in [-0.1, -0.05) is 47.0 Å². The average Bonchev–Trinajstić information content (AvgIpc) is 2.61. The van der Waals surface area contributed by atoms with Crippen molar-refractivity contribution in [2.24, 2.45) is 17.1 Å². The first-order valence-corrected chi connectivity index (χ1v) is 7.96. The Morgan fingerprint density at radius 2 is 1.83 bits per heavy atom. The molecule has 0 bridgehead atoms. The zero-order chi connectivity index (χ0) is 13.6. The van der Waals surface area contributed by atoms with Crippen LogP contribution >= 0.6 is 0 Å². The molecule has 0 spiro atoms. The number of nitrogens with zero attached hydrogens (tertiary/aromatic N) is 1. The van der Waals surface area contributed by atoms with Crippen molar-refractivity contribution in [3.05, 3.63) is 0 Å². The van der Waals surface area contributed by atoms with Crippen LogP contribution in [0, 0.1) is 11.3 Å². The second kappa shape index (κ2) is 7.49. The fraction of sp³-hybridized carbons (Fsp3) is 1.00. The maximum Gasteiger partial charge on any atom is 0.00954 e. The van der Waals surface area contributed by atoms with Crippen molar-refractivity contribution in [1.29, 1.82) is 0 Å². The van der Waals surface area contributed by atoms with Gasteiger partial charge in [0.25, 0.3) is 0 Å². The molecule has 2 N–H and O–H groups in total. The fourth-order valence-corrected chi connectivity index (χ4v) is 3.25. The van der Waals surface area contributed by atoms with Crippen LogP contribution in [-0.4, -0.2) is 30.6 Å². The third-order valence-corrected chi connectivity index (χ3v) is 4.74. The summed E-state index contributed by atoms with van der Waals surface area (Å²) in [6.07, 6.45) is 8.46. The maximum absolute atomic E-state index is 5.89. The summed E-state index contributed by atoms with van der Waals surface area (Å²) in [5.74, 6) is 0.983. The van der Waals surface area contributed by atoms with E-state index in [1.165, 1.54) is 45.1 Å². The molecule has 2 unspecified atom stereocenters. The summed E-state index contributed by atoms with van der Waals surface area (Å²) in [7, 11) is 0. The molecule has 1 fully saturated rings. The highest BCUT2D eigenvalue weighted by molar-refractivity contribution is 4.81. The largest absolute Gasteiger partial charge is 0.330 e. The van der Waals surface area contributed by atoms with E-state index in [1.54, 1.807) is 0 Å². The molecular formula is C16H34N2. The van der Waals surface area contributed by atoms with Crippen LogP contribution in [0.3, 0.4) is 0 Å². The fourth-order valence-electron chi connectivity index (χ4n) is 3.25. The summed E-state index contributed by atoms with van der Waals surface area (Å²) < 4.78 is 0. The van der Waals surface area contributed by atoms with Gasteiger partial charge in [-0.2, -0.15) is 0 Å². The van der Waals surface area contributed by atoms with Crippen molar-refractivity contribution >= 4 is 0 Å². The number of nitrogens with two attached hydrogens (primary N) is 1. The lowest BCUT2D eigenvalue weighted by molar-refractivity contribution is 0.127. The minimum absolute atomic E-state index is 0.256. The summed E-state index contributed by atoms with van der Waals surface area (Å²) in [4.78, 5) is 2.69. The molecule has 0 saturated heterocycles. The molecule has 1 saturated carbocycles. The molecule has 2 atom stereocenters. The monoisotopic (exact) mass is 254 g/mol. The smallest absolute Gasteiger partial charge is 0.00954 e. The molecule has 1 aliphatic carbocycles. The van der Waals surface area contributed by atoms with Crippen molar-refractivity contribution in [2.45, 2.75) is 72.3 Å². The minimum atomic E-state index is 0.256. The van der Waals surface area contributed by atoms with Crippen LogP contribution < -0.4 is 5.73 Å². The lowest BCUT2D eigenvalue weighted by Crippen LogP contribution is -2.44. The van der Waals surface area contributed by atoms with Crippen LogP contribution in [0.5, 0.6) is 0 Å². The second-order valence-corrected chi connectivity index (χ2v) is 6.87. The average molecular weight is 254 g/mol. The first-order chi connectivity index (χ1) is 8.52. The van der Waals surface area contributed by atoms with E-state index >= 15 is 0 Å². The van der Waals surface area contributed by atoms with E-state index in [4.69, 9.17) is 5.73 Å². The first kappa shape index (κ1) is 16.0. The van der Waals surface area contributed by atoms with E-state index in [9.17, 15) is 0 Å². The van der Waals surface area contributed by atoms with E-state index < -0.39 is 0 Å². The Bertz CT molecular complexity index is 225. The standard InChI is InChI=1S/C16H34N2/c1-5-14-8-7-9-15(11-10-14)18(6-2)13-16(3,4)12-17/h14-15H,5-13,17H2,1-4H3. The van der Waals surface area contributed by atoms with Crippen LogP contribution in [0.15, 0.2) is 0 Å². The number of hydrogen-bond donors (Lipinski definition) is 1. The molecule has 0 amide bonds. The van der Waals surface area contributed by atoms with Gasteiger partial charge in [-0.15, -0.1) is 0 Å². The molecule has 0 aromatic carbocycles. The third-order valence-electron chi connectivity index (χ3n) is 4.74. The van der Waals surface area contributed by atoms with Crippen molar-refractivity contribution in [3.8, 4) is 0 Å². The highest BCUT2D eigenvalue weighted by Crippen LogP contribution is 2.29. The Hall–Kier alpha value is -0.0800. The summed E-state index contributed by atoms with van der Waals surface area (Å²) in [5.41, 5.74) is 6.14. The van der Waals surface area contributed by atoms with Gasteiger partial charge in [0.15, 0.2) is 0 Å². The van der Waals surface area contributed by atoms with Crippen molar-refractivity contribution in [2.75, 3.05) is 19.6 Å². The normalized spacial score (nSPS) is 26.3. The molecule has 0 aromatic rings. The van der Waals surface area contributed by atoms with E-state index in [0.29, 0.717) is 0 Å². The topological polar surface area (TPSA) is 29.3 Å². The molecule has 0 heterocycles. The van der Waals surface area contributed by atoms with Gasteiger partial charge < -0.3 is 10.6 Å². The van der Waals surface area contributed by atoms with Gasteiger partial charge in [0, 0.05) is 12.6 Å². The Kier molecular flexibility index (Phi) is 6.65. The SMILES string of the molecule is CCC1CCCC(N(CC)CC(C)(C)CN)CC1. The van der Waals surface area contributed by atoms with Crippen LogP contribution in [-0.2, 0) is 0 Å².